The highest BCUT2D eigenvalue weighted by Crippen LogP contribution is 2.36. The zero-order valence-corrected chi connectivity index (χ0v) is 20.6. The van der Waals surface area contributed by atoms with E-state index in [2.05, 4.69) is 0 Å². The number of phenols is 1. The fraction of sp³-hybridized carbons (Fsp3) is 0.385. The zero-order chi connectivity index (χ0) is 25.9. The van der Waals surface area contributed by atoms with E-state index >= 15 is 0 Å². The highest BCUT2D eigenvalue weighted by atomic mass is 35.5. The molecule has 0 aromatic heterocycles. The molecule has 0 bridgehead atoms. The number of aliphatic carboxylic acids is 1. The fourth-order valence-corrected chi connectivity index (χ4v) is 3.65. The van der Waals surface area contributed by atoms with E-state index in [1.54, 1.807) is 37.5 Å². The summed E-state index contributed by atoms with van der Waals surface area (Å²) in [4.78, 5) is 23.6. The van der Waals surface area contributed by atoms with Crippen LogP contribution >= 0.6 is 11.6 Å². The molecule has 2 aromatic rings. The maximum Gasteiger partial charge on any atom is 0.306 e. The summed E-state index contributed by atoms with van der Waals surface area (Å²) >= 11 is 6.18. The Morgan fingerprint density at radius 2 is 1.78 bits per heavy atom. The number of benzene rings is 2. The van der Waals surface area contributed by atoms with Gasteiger partial charge in [0.2, 0.25) is 0 Å². The van der Waals surface area contributed by atoms with Gasteiger partial charge >= 0.3 is 5.97 Å². The second kappa shape index (κ2) is 13.8. The van der Waals surface area contributed by atoms with E-state index in [9.17, 15) is 14.7 Å². The van der Waals surface area contributed by atoms with Gasteiger partial charge in [0.05, 0.1) is 36.9 Å². The average Bonchev–Trinajstić information content (AvgIpc) is 2.83. The predicted molar refractivity (Wildman–Crippen MR) is 132 cm³/mol. The van der Waals surface area contributed by atoms with Gasteiger partial charge in [-0.25, -0.2) is 0 Å². The number of methoxy groups -OCH3 is 1. The number of rotatable bonds is 15. The van der Waals surface area contributed by atoms with Crippen molar-refractivity contribution in [1.82, 2.24) is 0 Å². The molecule has 0 aliphatic heterocycles. The summed E-state index contributed by atoms with van der Waals surface area (Å²) in [7, 11) is 1.55. The van der Waals surface area contributed by atoms with E-state index in [-0.39, 0.29) is 40.9 Å². The predicted octanol–water partition coefficient (Wildman–Crippen LogP) is 4.20. The number of hydrogen-bond acceptors (Lipinski definition) is 8. The van der Waals surface area contributed by atoms with Crippen molar-refractivity contribution in [1.29, 1.82) is 0 Å². The topological polar surface area (TPSA) is 121 Å². The monoisotopic (exact) mass is 520 g/mol. The third-order valence-electron chi connectivity index (χ3n) is 5.51. The first-order valence-electron chi connectivity index (χ1n) is 11.4. The standard InChI is InChI=1S/C26H29ClO9/c1-32-10-11-33-16-36-25-21(27)7-9-23(29)24(25)22(28)8-4-17-2-5-19(6-3-17)34-12-13-35-20-14-18(15-20)26(30)31/h2-9,18,20,29H,10-16H2,1H3,(H,30,31)/b8-4+/t18-,20+. The molecule has 36 heavy (non-hydrogen) atoms. The number of carbonyl (C=O) groups is 2. The van der Waals surface area contributed by atoms with Crippen LogP contribution in [0.2, 0.25) is 5.02 Å². The molecule has 0 radical (unpaired) electrons. The van der Waals surface area contributed by atoms with Crippen LogP contribution in [0, 0.1) is 5.92 Å². The molecule has 194 valence electrons. The normalized spacial score (nSPS) is 17.1. The van der Waals surface area contributed by atoms with Gasteiger partial charge in [0.25, 0.3) is 0 Å². The second-order valence-corrected chi connectivity index (χ2v) is 8.46. The summed E-state index contributed by atoms with van der Waals surface area (Å²) < 4.78 is 26.9. The highest BCUT2D eigenvalue weighted by Gasteiger charge is 2.34. The van der Waals surface area contributed by atoms with Crippen LogP contribution in [-0.4, -0.2) is 68.4 Å². The molecule has 0 atom stereocenters. The summed E-state index contributed by atoms with van der Waals surface area (Å²) in [6.45, 7) is 1.24. The van der Waals surface area contributed by atoms with E-state index in [0.717, 1.165) is 5.56 Å². The fourth-order valence-electron chi connectivity index (χ4n) is 3.44. The van der Waals surface area contributed by atoms with Gasteiger partial charge in [0, 0.05) is 7.11 Å². The zero-order valence-electron chi connectivity index (χ0n) is 19.9. The van der Waals surface area contributed by atoms with Gasteiger partial charge in [-0.3, -0.25) is 9.59 Å². The minimum atomic E-state index is -0.775. The molecule has 0 unspecified atom stereocenters. The molecule has 2 aromatic carbocycles. The van der Waals surface area contributed by atoms with Crippen LogP contribution in [-0.2, 0) is 19.0 Å². The maximum atomic E-state index is 12.8. The number of allylic oxidation sites excluding steroid dienone is 1. The second-order valence-electron chi connectivity index (χ2n) is 8.05. The molecule has 2 N–H and O–H groups in total. The number of halogens is 1. The van der Waals surface area contributed by atoms with Gasteiger partial charge in [0.1, 0.15) is 23.7 Å². The van der Waals surface area contributed by atoms with Gasteiger partial charge in [0.15, 0.2) is 18.3 Å². The number of ketones is 1. The third-order valence-corrected chi connectivity index (χ3v) is 5.81. The van der Waals surface area contributed by atoms with Crippen molar-refractivity contribution in [3.05, 3.63) is 58.6 Å². The van der Waals surface area contributed by atoms with E-state index in [0.29, 0.717) is 45.0 Å². The largest absolute Gasteiger partial charge is 0.507 e. The summed E-state index contributed by atoms with van der Waals surface area (Å²) in [5.74, 6) is -1.15. The van der Waals surface area contributed by atoms with Crippen LogP contribution in [0.5, 0.6) is 17.2 Å². The number of aromatic hydroxyl groups is 1. The first-order valence-corrected chi connectivity index (χ1v) is 11.8. The van der Waals surface area contributed by atoms with Crippen molar-refractivity contribution in [3.8, 4) is 17.2 Å². The molecule has 3 rings (SSSR count). The van der Waals surface area contributed by atoms with Crippen molar-refractivity contribution in [2.45, 2.75) is 18.9 Å². The summed E-state index contributed by atoms with van der Waals surface area (Å²) in [6.07, 6.45) is 3.98. The van der Waals surface area contributed by atoms with Gasteiger partial charge in [-0.1, -0.05) is 29.8 Å². The molecule has 0 spiro atoms. The van der Waals surface area contributed by atoms with Crippen molar-refractivity contribution in [2.24, 2.45) is 5.92 Å². The minimum Gasteiger partial charge on any atom is -0.507 e. The Balaban J connectivity index is 1.50. The van der Waals surface area contributed by atoms with Crippen molar-refractivity contribution in [3.63, 3.8) is 0 Å². The molecule has 1 aliphatic carbocycles. The molecule has 9 nitrogen and oxygen atoms in total. The van der Waals surface area contributed by atoms with Crippen LogP contribution in [0.4, 0.5) is 0 Å². The van der Waals surface area contributed by atoms with Crippen LogP contribution in [0.3, 0.4) is 0 Å². The lowest BCUT2D eigenvalue weighted by Gasteiger charge is -2.31. The van der Waals surface area contributed by atoms with Gasteiger partial charge in [-0.2, -0.15) is 0 Å². The minimum absolute atomic E-state index is 0.0206. The Bertz CT molecular complexity index is 1050. The Kier molecular flexibility index (Phi) is 10.6. The van der Waals surface area contributed by atoms with Crippen LogP contribution in [0.15, 0.2) is 42.5 Å². The van der Waals surface area contributed by atoms with E-state index in [4.69, 9.17) is 40.4 Å². The number of phenolic OH excluding ortho intramolecular Hbond substituents is 1. The Morgan fingerprint density at radius 1 is 1.03 bits per heavy atom. The molecule has 0 saturated heterocycles. The van der Waals surface area contributed by atoms with Crippen LogP contribution in [0.1, 0.15) is 28.8 Å². The van der Waals surface area contributed by atoms with E-state index in [1.807, 2.05) is 0 Å². The number of ether oxygens (including phenoxy) is 5. The Hall–Kier alpha value is -3.11. The smallest absolute Gasteiger partial charge is 0.306 e. The number of carboxylic acids is 1. The van der Waals surface area contributed by atoms with Crippen molar-refractivity contribution in [2.75, 3.05) is 40.3 Å². The van der Waals surface area contributed by atoms with Gasteiger partial charge in [-0.05, 0) is 48.7 Å². The number of hydrogen-bond donors (Lipinski definition) is 2. The lowest BCUT2D eigenvalue weighted by Crippen LogP contribution is -2.36. The van der Waals surface area contributed by atoms with Crippen LogP contribution in [0.25, 0.3) is 6.08 Å². The molecule has 1 aliphatic rings. The van der Waals surface area contributed by atoms with E-state index < -0.39 is 11.8 Å². The van der Waals surface area contributed by atoms with Crippen LogP contribution < -0.4 is 9.47 Å². The average molecular weight is 521 g/mol. The lowest BCUT2D eigenvalue weighted by atomic mass is 9.82. The SMILES string of the molecule is COCCOCOc1c(Cl)ccc(O)c1C(=O)/C=C/c1ccc(OCCO[C@H]2C[C@@H](C(=O)O)C2)cc1. The van der Waals surface area contributed by atoms with Crippen molar-refractivity contribution >= 4 is 29.4 Å². The molecule has 0 heterocycles. The van der Waals surface area contributed by atoms with E-state index in [1.165, 1.54) is 18.2 Å². The first kappa shape index (κ1) is 27.5. The quantitative estimate of drug-likeness (QED) is 0.154. The summed E-state index contributed by atoms with van der Waals surface area (Å²) in [6, 6.07) is 9.84. The molecule has 1 fully saturated rings. The number of carbonyl (C=O) groups excluding carboxylic acids is 1. The number of carboxylic acid groups (broad SMARTS) is 1. The molecular formula is C26H29ClO9. The summed E-state index contributed by atoms with van der Waals surface area (Å²) in [5.41, 5.74) is 0.684. The van der Waals surface area contributed by atoms with Gasteiger partial charge in [-0.15, -0.1) is 0 Å². The Labute approximate surface area is 214 Å². The molecule has 0 amide bonds. The summed E-state index contributed by atoms with van der Waals surface area (Å²) in [5, 5.41) is 19.3. The Morgan fingerprint density at radius 3 is 2.47 bits per heavy atom. The highest BCUT2D eigenvalue weighted by molar-refractivity contribution is 6.33. The first-order chi connectivity index (χ1) is 17.4. The lowest BCUT2D eigenvalue weighted by molar-refractivity contribution is -0.151. The molecule has 10 heteroatoms. The molecule has 1 saturated carbocycles. The maximum absolute atomic E-state index is 12.8. The molecular weight excluding hydrogens is 492 g/mol. The van der Waals surface area contributed by atoms with Crippen molar-refractivity contribution < 1.29 is 43.5 Å². The third kappa shape index (κ3) is 7.96. The van der Waals surface area contributed by atoms with Gasteiger partial charge < -0.3 is 33.9 Å².